The van der Waals surface area contributed by atoms with E-state index in [0.29, 0.717) is 16.4 Å². The molecule has 10 nitrogen and oxygen atoms in total. The van der Waals surface area contributed by atoms with Gasteiger partial charge in [-0.1, -0.05) is 35.9 Å². The highest BCUT2D eigenvalue weighted by Gasteiger charge is 2.19. The van der Waals surface area contributed by atoms with Crippen molar-refractivity contribution in [2.45, 2.75) is 19.8 Å². The number of carbonyl (C=O) groups is 1. The molecule has 0 saturated carbocycles. The smallest absolute Gasteiger partial charge is 0.301 e. The molecule has 0 aromatic heterocycles. The highest BCUT2D eigenvalue weighted by atomic mass is 35.5. The molecule has 0 spiro atoms. The number of nitro groups is 2. The molecule has 0 fully saturated rings. The van der Waals surface area contributed by atoms with Crippen LogP contribution in [0.1, 0.15) is 24.5 Å². The van der Waals surface area contributed by atoms with Gasteiger partial charge in [-0.15, -0.1) is 0 Å². The van der Waals surface area contributed by atoms with E-state index in [-0.39, 0.29) is 18.0 Å². The van der Waals surface area contributed by atoms with Crippen LogP contribution in [0.25, 0.3) is 0 Å². The van der Waals surface area contributed by atoms with Crippen molar-refractivity contribution in [1.82, 2.24) is 0 Å². The predicted octanol–water partition coefficient (Wildman–Crippen LogP) is 5.56. The molecule has 0 radical (unpaired) electrons. The van der Waals surface area contributed by atoms with E-state index in [1.165, 1.54) is 6.07 Å². The first-order chi connectivity index (χ1) is 16.2. The summed E-state index contributed by atoms with van der Waals surface area (Å²) in [6.45, 7) is 1.58. The molecule has 0 heterocycles. The molecular weight excluding hydrogens is 462 g/mol. The molecule has 11 heteroatoms. The fourth-order valence-electron chi connectivity index (χ4n) is 3.06. The highest BCUT2D eigenvalue weighted by molar-refractivity contribution is 6.30. The molecule has 3 aromatic carbocycles. The summed E-state index contributed by atoms with van der Waals surface area (Å²) in [6.07, 6.45) is 0.678. The summed E-state index contributed by atoms with van der Waals surface area (Å²) in [6, 6.07) is 18.2. The zero-order valence-corrected chi connectivity index (χ0v) is 18.8. The maximum atomic E-state index is 12.3. The van der Waals surface area contributed by atoms with Crippen molar-refractivity contribution >= 4 is 46.0 Å². The van der Waals surface area contributed by atoms with E-state index in [4.69, 9.17) is 11.6 Å². The first-order valence-electron chi connectivity index (χ1n) is 10.1. The molecule has 3 aromatic rings. The first kappa shape index (κ1) is 24.3. The number of anilines is 2. The fourth-order valence-corrected chi connectivity index (χ4v) is 3.18. The molecule has 0 saturated heterocycles. The topological polar surface area (TPSA) is 140 Å². The van der Waals surface area contributed by atoms with Gasteiger partial charge in [-0.25, -0.2) is 0 Å². The van der Waals surface area contributed by atoms with Crippen molar-refractivity contribution in [3.05, 3.63) is 103 Å². The van der Waals surface area contributed by atoms with Gasteiger partial charge >= 0.3 is 5.69 Å². The number of halogens is 1. The minimum absolute atomic E-state index is 0.0216. The van der Waals surface area contributed by atoms with Gasteiger partial charge in [0, 0.05) is 22.5 Å². The molecular formula is C23H20ClN5O5. The van der Waals surface area contributed by atoms with E-state index >= 15 is 0 Å². The minimum atomic E-state index is -0.747. The highest BCUT2D eigenvalue weighted by Crippen LogP contribution is 2.29. The Labute approximate surface area is 199 Å². The zero-order chi connectivity index (χ0) is 24.7. The third-order valence-corrected chi connectivity index (χ3v) is 4.98. The number of benzene rings is 3. The molecule has 0 unspecified atom stereocenters. The average molecular weight is 482 g/mol. The summed E-state index contributed by atoms with van der Waals surface area (Å²) in [4.78, 5) is 32.9. The standard InChI is InChI=1S/C23H20ClN5O5/c1-15(26-27-21-11-10-20(28(31)32)14-22(21)29(33)34)12-23(30)25-19-8-4-17(5-9-19)13-16-2-6-18(24)7-3-16/h2-11,14,27H,12-13H2,1H3,(H,25,30). The lowest BCUT2D eigenvalue weighted by molar-refractivity contribution is -0.393. The van der Waals surface area contributed by atoms with Gasteiger partial charge in [-0.05, 0) is 54.8 Å². The number of hydrogen-bond acceptors (Lipinski definition) is 7. The lowest BCUT2D eigenvalue weighted by atomic mass is 10.0. The van der Waals surface area contributed by atoms with Crippen LogP contribution in [-0.2, 0) is 11.2 Å². The van der Waals surface area contributed by atoms with Crippen LogP contribution in [-0.4, -0.2) is 21.5 Å². The van der Waals surface area contributed by atoms with Crippen LogP contribution in [0.5, 0.6) is 0 Å². The summed E-state index contributed by atoms with van der Waals surface area (Å²) in [5, 5.41) is 29.4. The predicted molar refractivity (Wildman–Crippen MR) is 130 cm³/mol. The molecule has 1 amide bonds. The molecule has 0 aliphatic rings. The van der Waals surface area contributed by atoms with E-state index in [0.717, 1.165) is 29.7 Å². The van der Waals surface area contributed by atoms with Gasteiger partial charge in [0.15, 0.2) is 0 Å². The number of hydrazone groups is 1. The van der Waals surface area contributed by atoms with Crippen LogP contribution in [0.2, 0.25) is 5.02 Å². The molecule has 0 aliphatic heterocycles. The monoisotopic (exact) mass is 481 g/mol. The normalized spacial score (nSPS) is 11.1. The van der Waals surface area contributed by atoms with Gasteiger partial charge in [0.2, 0.25) is 5.91 Å². The molecule has 0 bridgehead atoms. The summed E-state index contributed by atoms with van der Waals surface area (Å²) in [5.41, 5.74) is 4.76. The second-order valence-electron chi connectivity index (χ2n) is 7.40. The quantitative estimate of drug-likeness (QED) is 0.233. The maximum absolute atomic E-state index is 12.3. The average Bonchev–Trinajstić information content (AvgIpc) is 2.80. The Balaban J connectivity index is 1.57. The molecule has 34 heavy (non-hydrogen) atoms. The lowest BCUT2D eigenvalue weighted by Gasteiger charge is -2.08. The van der Waals surface area contributed by atoms with Crippen LogP contribution in [0.4, 0.5) is 22.7 Å². The number of nitro benzene ring substituents is 2. The summed E-state index contributed by atoms with van der Waals surface area (Å²) in [7, 11) is 0. The number of non-ortho nitro benzene ring substituents is 1. The van der Waals surface area contributed by atoms with Crippen molar-refractivity contribution in [2.24, 2.45) is 5.10 Å². The third kappa shape index (κ3) is 6.84. The van der Waals surface area contributed by atoms with E-state index in [1.807, 2.05) is 36.4 Å². The van der Waals surface area contributed by atoms with Crippen molar-refractivity contribution < 1.29 is 14.6 Å². The molecule has 0 aliphatic carbocycles. The van der Waals surface area contributed by atoms with Crippen LogP contribution in [0, 0.1) is 20.2 Å². The SMILES string of the molecule is CC(CC(=O)Nc1ccc(Cc2ccc(Cl)cc2)cc1)=NNc1ccc([N+](=O)[O-])cc1[N+](=O)[O-]. The maximum Gasteiger partial charge on any atom is 0.301 e. The van der Waals surface area contributed by atoms with Crippen molar-refractivity contribution in [3.63, 3.8) is 0 Å². The molecule has 174 valence electrons. The largest absolute Gasteiger partial charge is 0.326 e. The Morgan fingerprint density at radius 2 is 1.56 bits per heavy atom. The summed E-state index contributed by atoms with van der Waals surface area (Å²) in [5.74, 6) is -0.313. The van der Waals surface area contributed by atoms with Gasteiger partial charge in [0.1, 0.15) is 5.69 Å². The number of carbonyl (C=O) groups excluding carboxylic acids is 1. The Morgan fingerprint density at radius 3 is 2.15 bits per heavy atom. The van der Waals surface area contributed by atoms with E-state index in [1.54, 1.807) is 19.1 Å². The second kappa shape index (κ2) is 11.0. The zero-order valence-electron chi connectivity index (χ0n) is 18.0. The van der Waals surface area contributed by atoms with E-state index in [9.17, 15) is 25.0 Å². The van der Waals surface area contributed by atoms with Crippen LogP contribution in [0.3, 0.4) is 0 Å². The van der Waals surface area contributed by atoms with Crippen molar-refractivity contribution in [3.8, 4) is 0 Å². The summed E-state index contributed by atoms with van der Waals surface area (Å²) >= 11 is 5.90. The minimum Gasteiger partial charge on any atom is -0.326 e. The first-order valence-corrected chi connectivity index (χ1v) is 10.4. The number of rotatable bonds is 9. The van der Waals surface area contributed by atoms with Crippen LogP contribution < -0.4 is 10.7 Å². The summed E-state index contributed by atoms with van der Waals surface area (Å²) < 4.78 is 0. The van der Waals surface area contributed by atoms with Crippen molar-refractivity contribution in [1.29, 1.82) is 0 Å². The van der Waals surface area contributed by atoms with Crippen LogP contribution in [0.15, 0.2) is 71.8 Å². The number of amides is 1. The molecule has 2 N–H and O–H groups in total. The number of nitrogens with zero attached hydrogens (tertiary/aromatic N) is 3. The number of nitrogens with one attached hydrogen (secondary N) is 2. The third-order valence-electron chi connectivity index (χ3n) is 4.73. The fraction of sp³-hybridized carbons (Fsp3) is 0.130. The Hall–Kier alpha value is -4.31. The van der Waals surface area contributed by atoms with E-state index in [2.05, 4.69) is 15.8 Å². The molecule has 3 rings (SSSR count). The second-order valence-corrected chi connectivity index (χ2v) is 7.84. The van der Waals surface area contributed by atoms with Crippen LogP contribution >= 0.6 is 11.6 Å². The molecule has 0 atom stereocenters. The van der Waals surface area contributed by atoms with Gasteiger partial charge in [0.25, 0.3) is 5.69 Å². The number of hydrogen-bond donors (Lipinski definition) is 2. The van der Waals surface area contributed by atoms with E-state index < -0.39 is 21.2 Å². The van der Waals surface area contributed by atoms with Gasteiger partial charge in [-0.2, -0.15) is 5.10 Å². The Morgan fingerprint density at radius 1 is 0.941 bits per heavy atom. The van der Waals surface area contributed by atoms with Gasteiger partial charge in [-0.3, -0.25) is 30.4 Å². The van der Waals surface area contributed by atoms with Crippen molar-refractivity contribution in [2.75, 3.05) is 10.7 Å². The van der Waals surface area contributed by atoms with Gasteiger partial charge in [0.05, 0.1) is 22.3 Å². The van der Waals surface area contributed by atoms with Gasteiger partial charge < -0.3 is 5.32 Å². The Kier molecular flexibility index (Phi) is 7.88. The Bertz CT molecular complexity index is 1240. The lowest BCUT2D eigenvalue weighted by Crippen LogP contribution is -2.15.